The van der Waals surface area contributed by atoms with Crippen LogP contribution in [0.3, 0.4) is 0 Å². The number of rotatable bonds is 0. The van der Waals surface area contributed by atoms with E-state index in [0.29, 0.717) is 4.48 Å². The average Bonchev–Trinajstić information content (AvgIpc) is 1.82. The summed E-state index contributed by atoms with van der Waals surface area (Å²) in [7, 11) is 0. The summed E-state index contributed by atoms with van der Waals surface area (Å²) in [5.41, 5.74) is 0. The van der Waals surface area contributed by atoms with Crippen molar-refractivity contribution in [2.24, 2.45) is 0 Å². The minimum Gasteiger partial charge on any atom is -0.510 e. The molecule has 0 radical (unpaired) electrons. The van der Waals surface area contributed by atoms with Gasteiger partial charge in [-0.15, -0.1) is 0 Å². The normalized spacial score (nSPS) is 26.7. The zero-order valence-corrected chi connectivity index (χ0v) is 8.11. The van der Waals surface area contributed by atoms with Gasteiger partial charge in [0.2, 0.25) is 0 Å². The lowest BCUT2D eigenvalue weighted by molar-refractivity contribution is 0.383. The Bertz CT molecular complexity index is 210. The van der Waals surface area contributed by atoms with Crippen LogP contribution in [0.5, 0.6) is 0 Å². The molecule has 0 aromatic rings. The molecular weight excluding hydrogens is 267 g/mol. The third-order valence-corrected chi connectivity index (χ3v) is 2.59. The number of hydrogen-bond acceptors (Lipinski definition) is 1. The van der Waals surface area contributed by atoms with E-state index in [1.54, 1.807) is 0 Å². The monoisotopic (exact) mass is 270 g/mol. The van der Waals surface area contributed by atoms with E-state index in [9.17, 15) is 4.39 Å². The standard InChI is InChI=1S/C6H5Br2FO/c7-4-1-3(9)2-5(8)6(4)10/h1,5,10H,2H2. The van der Waals surface area contributed by atoms with Crippen LogP contribution in [0, 0.1) is 0 Å². The van der Waals surface area contributed by atoms with Gasteiger partial charge in [-0.25, -0.2) is 4.39 Å². The van der Waals surface area contributed by atoms with Gasteiger partial charge in [0.1, 0.15) is 11.6 Å². The summed E-state index contributed by atoms with van der Waals surface area (Å²) in [6, 6.07) is 0. The number of alkyl halides is 1. The Kier molecular flexibility index (Phi) is 2.52. The lowest BCUT2D eigenvalue weighted by Gasteiger charge is -2.13. The first-order valence-corrected chi connectivity index (χ1v) is 4.41. The largest absolute Gasteiger partial charge is 0.510 e. The van der Waals surface area contributed by atoms with Gasteiger partial charge >= 0.3 is 0 Å². The Labute approximate surface area is 74.9 Å². The topological polar surface area (TPSA) is 20.2 Å². The maximum Gasteiger partial charge on any atom is 0.121 e. The van der Waals surface area contributed by atoms with E-state index in [4.69, 9.17) is 5.11 Å². The molecule has 0 saturated heterocycles. The number of halogens is 3. The first-order chi connectivity index (χ1) is 4.61. The molecule has 1 aliphatic carbocycles. The van der Waals surface area contributed by atoms with E-state index in [2.05, 4.69) is 31.9 Å². The molecule has 1 N–H and O–H groups in total. The van der Waals surface area contributed by atoms with Gasteiger partial charge < -0.3 is 5.11 Å². The molecule has 0 heterocycles. The van der Waals surface area contributed by atoms with E-state index in [1.165, 1.54) is 6.08 Å². The second-order valence-corrected chi connectivity index (χ2v) is 3.96. The molecule has 0 amide bonds. The Morgan fingerprint density at radius 1 is 1.70 bits per heavy atom. The molecule has 4 heteroatoms. The Balaban J connectivity index is 2.92. The molecule has 0 bridgehead atoms. The smallest absolute Gasteiger partial charge is 0.121 e. The van der Waals surface area contributed by atoms with Crippen molar-refractivity contribution in [1.29, 1.82) is 0 Å². The predicted octanol–water partition coefficient (Wildman–Crippen LogP) is 3.17. The van der Waals surface area contributed by atoms with Crippen LogP contribution in [0.15, 0.2) is 22.1 Å². The summed E-state index contributed by atoms with van der Waals surface area (Å²) in [6.07, 6.45) is 1.49. The Morgan fingerprint density at radius 3 is 2.80 bits per heavy atom. The molecule has 1 aliphatic rings. The first kappa shape index (κ1) is 8.27. The number of hydrogen-bond donors (Lipinski definition) is 1. The summed E-state index contributed by atoms with van der Waals surface area (Å²) in [5.74, 6) is -0.0760. The predicted molar refractivity (Wildman–Crippen MR) is 45.1 cm³/mol. The van der Waals surface area contributed by atoms with Gasteiger partial charge in [-0.3, -0.25) is 0 Å². The first-order valence-electron chi connectivity index (χ1n) is 2.70. The molecule has 0 fully saturated rings. The molecule has 10 heavy (non-hydrogen) atoms. The van der Waals surface area contributed by atoms with Crippen LogP contribution in [-0.2, 0) is 0 Å². The molecule has 1 nitrogen and oxygen atoms in total. The van der Waals surface area contributed by atoms with Crippen LogP contribution < -0.4 is 0 Å². The lowest BCUT2D eigenvalue weighted by Crippen LogP contribution is -2.07. The van der Waals surface area contributed by atoms with Crippen LogP contribution in [0.4, 0.5) is 4.39 Å². The van der Waals surface area contributed by atoms with Gasteiger partial charge in [0.25, 0.3) is 0 Å². The van der Waals surface area contributed by atoms with Gasteiger partial charge in [0.05, 0.1) is 9.31 Å². The van der Waals surface area contributed by atoms with Crippen molar-refractivity contribution in [2.75, 3.05) is 0 Å². The highest BCUT2D eigenvalue weighted by Crippen LogP contribution is 2.31. The lowest BCUT2D eigenvalue weighted by atomic mass is 10.1. The molecule has 0 saturated carbocycles. The van der Waals surface area contributed by atoms with Crippen molar-refractivity contribution >= 4 is 31.9 Å². The third kappa shape index (κ3) is 1.61. The molecule has 0 aromatic carbocycles. The SMILES string of the molecule is OC1=C(Br)C=C(F)CC1Br. The second kappa shape index (κ2) is 3.05. The fourth-order valence-corrected chi connectivity index (χ4v) is 2.08. The summed E-state index contributed by atoms with van der Waals surface area (Å²) in [4.78, 5) is -0.285. The molecule has 1 unspecified atom stereocenters. The molecule has 1 atom stereocenters. The summed E-state index contributed by atoms with van der Waals surface area (Å²) < 4.78 is 12.9. The van der Waals surface area contributed by atoms with Crippen LogP contribution >= 0.6 is 31.9 Å². The maximum atomic E-state index is 12.5. The average molecular weight is 272 g/mol. The van der Waals surface area contributed by atoms with Gasteiger partial charge in [-0.05, 0) is 22.0 Å². The van der Waals surface area contributed by atoms with Crippen molar-refractivity contribution in [2.45, 2.75) is 11.2 Å². The summed E-state index contributed by atoms with van der Waals surface area (Å²) >= 11 is 6.13. The molecule has 0 spiro atoms. The Morgan fingerprint density at radius 2 is 2.30 bits per heavy atom. The zero-order chi connectivity index (χ0) is 7.72. The van der Waals surface area contributed by atoms with E-state index in [1.807, 2.05) is 0 Å². The number of allylic oxidation sites excluding steroid dienone is 4. The minimum absolute atomic E-state index is 0.154. The molecule has 0 aromatic heterocycles. The minimum atomic E-state index is -0.285. The van der Waals surface area contributed by atoms with Gasteiger partial charge in [-0.2, -0.15) is 0 Å². The maximum absolute atomic E-state index is 12.5. The summed E-state index contributed by atoms with van der Waals surface area (Å²) in [5, 5.41) is 9.14. The van der Waals surface area contributed by atoms with Crippen molar-refractivity contribution in [3.63, 3.8) is 0 Å². The van der Waals surface area contributed by atoms with E-state index >= 15 is 0 Å². The highest BCUT2D eigenvalue weighted by molar-refractivity contribution is 9.12. The third-order valence-electron chi connectivity index (χ3n) is 1.20. The molecular formula is C6H5Br2FO. The van der Waals surface area contributed by atoms with Gasteiger partial charge in [0.15, 0.2) is 0 Å². The molecule has 0 aliphatic heterocycles. The fraction of sp³-hybridized carbons (Fsp3) is 0.333. The zero-order valence-electron chi connectivity index (χ0n) is 4.94. The quantitative estimate of drug-likeness (QED) is 0.671. The molecule has 56 valence electrons. The molecule has 1 rings (SSSR count). The van der Waals surface area contributed by atoms with Crippen LogP contribution in [-0.4, -0.2) is 9.93 Å². The van der Waals surface area contributed by atoms with Gasteiger partial charge in [0, 0.05) is 6.42 Å². The van der Waals surface area contributed by atoms with Gasteiger partial charge in [-0.1, -0.05) is 15.9 Å². The van der Waals surface area contributed by atoms with E-state index < -0.39 is 0 Å². The number of aliphatic hydroxyl groups is 1. The van der Waals surface area contributed by atoms with E-state index in [0.717, 1.165) is 0 Å². The van der Waals surface area contributed by atoms with E-state index in [-0.39, 0.29) is 22.8 Å². The summed E-state index contributed by atoms with van der Waals surface area (Å²) in [6.45, 7) is 0. The van der Waals surface area contributed by atoms with Crippen molar-refractivity contribution < 1.29 is 9.50 Å². The second-order valence-electron chi connectivity index (χ2n) is 2.00. The number of aliphatic hydroxyl groups excluding tert-OH is 1. The van der Waals surface area contributed by atoms with Crippen molar-refractivity contribution in [3.8, 4) is 0 Å². The van der Waals surface area contributed by atoms with Crippen LogP contribution in [0.25, 0.3) is 0 Å². The fourth-order valence-electron chi connectivity index (χ4n) is 0.688. The Hall–Kier alpha value is 0.170. The highest BCUT2D eigenvalue weighted by Gasteiger charge is 2.19. The van der Waals surface area contributed by atoms with Crippen molar-refractivity contribution in [1.82, 2.24) is 0 Å². The van der Waals surface area contributed by atoms with Crippen LogP contribution in [0.2, 0.25) is 0 Å². The highest BCUT2D eigenvalue weighted by atomic mass is 79.9. The van der Waals surface area contributed by atoms with Crippen molar-refractivity contribution in [3.05, 3.63) is 22.1 Å². The van der Waals surface area contributed by atoms with Crippen LogP contribution in [0.1, 0.15) is 6.42 Å².